The second-order valence-corrected chi connectivity index (χ2v) is 6.09. The Balaban J connectivity index is 1.60. The Kier molecular flexibility index (Phi) is 5.17. The highest BCUT2D eigenvalue weighted by Gasteiger charge is 2.01. The van der Waals surface area contributed by atoms with Crippen molar-refractivity contribution in [3.63, 3.8) is 0 Å². The molecule has 0 saturated heterocycles. The Hall–Kier alpha value is -2.74. The van der Waals surface area contributed by atoms with Crippen molar-refractivity contribution >= 4 is 5.69 Å². The van der Waals surface area contributed by atoms with Gasteiger partial charge in [-0.25, -0.2) is 0 Å². The molecule has 0 aliphatic rings. The average Bonchev–Trinajstić information content (AvgIpc) is 2.60. The number of benzene rings is 3. The van der Waals surface area contributed by atoms with Crippen LogP contribution in [0.2, 0.25) is 0 Å². The summed E-state index contributed by atoms with van der Waals surface area (Å²) in [5, 5.41) is 3.50. The number of aryl methyl sites for hydroxylation is 2. The molecule has 0 atom stereocenters. The second-order valence-electron chi connectivity index (χ2n) is 6.09. The molecule has 0 amide bonds. The smallest absolute Gasteiger partial charge is 0.120 e. The number of hydrogen-bond acceptors (Lipinski definition) is 2. The third-order valence-corrected chi connectivity index (χ3v) is 4.01. The first-order valence-corrected chi connectivity index (χ1v) is 8.27. The highest BCUT2D eigenvalue weighted by atomic mass is 16.5. The predicted molar refractivity (Wildman–Crippen MR) is 100 cm³/mol. The summed E-state index contributed by atoms with van der Waals surface area (Å²) in [5.41, 5.74) is 6.12. The maximum atomic E-state index is 5.90. The summed E-state index contributed by atoms with van der Waals surface area (Å²) in [6.45, 7) is 5.63. The molecule has 0 unspecified atom stereocenters. The number of nitrogens with one attached hydrogen (secondary N) is 1. The Labute approximate surface area is 144 Å². The monoisotopic (exact) mass is 317 g/mol. The maximum Gasteiger partial charge on any atom is 0.120 e. The maximum absolute atomic E-state index is 5.90. The van der Waals surface area contributed by atoms with E-state index in [1.54, 1.807) is 0 Å². The van der Waals surface area contributed by atoms with Gasteiger partial charge in [0.05, 0.1) is 0 Å². The quantitative estimate of drug-likeness (QED) is 0.648. The Morgan fingerprint density at radius 2 is 1.58 bits per heavy atom. The van der Waals surface area contributed by atoms with Crippen LogP contribution < -0.4 is 10.1 Å². The van der Waals surface area contributed by atoms with Gasteiger partial charge in [-0.3, -0.25) is 0 Å². The van der Waals surface area contributed by atoms with E-state index in [0.29, 0.717) is 6.61 Å². The molecule has 0 bridgehead atoms. The Morgan fingerprint density at radius 3 is 2.38 bits per heavy atom. The summed E-state index contributed by atoms with van der Waals surface area (Å²) >= 11 is 0. The Bertz CT molecular complexity index is 796. The number of hydrogen-bond donors (Lipinski definition) is 1. The van der Waals surface area contributed by atoms with Gasteiger partial charge in [-0.2, -0.15) is 0 Å². The van der Waals surface area contributed by atoms with E-state index >= 15 is 0 Å². The topological polar surface area (TPSA) is 21.3 Å². The van der Waals surface area contributed by atoms with E-state index < -0.39 is 0 Å². The molecule has 0 heterocycles. The van der Waals surface area contributed by atoms with E-state index in [0.717, 1.165) is 12.3 Å². The van der Waals surface area contributed by atoms with Crippen molar-refractivity contribution in [2.24, 2.45) is 0 Å². The van der Waals surface area contributed by atoms with Gasteiger partial charge in [0.25, 0.3) is 0 Å². The minimum Gasteiger partial charge on any atom is -0.489 e. The lowest BCUT2D eigenvalue weighted by Gasteiger charge is -2.12. The molecule has 1 N–H and O–H groups in total. The average molecular weight is 317 g/mol. The van der Waals surface area contributed by atoms with Crippen LogP contribution in [0.25, 0.3) is 0 Å². The summed E-state index contributed by atoms with van der Waals surface area (Å²) in [7, 11) is 0. The lowest BCUT2D eigenvalue weighted by molar-refractivity contribution is 0.306. The normalized spacial score (nSPS) is 10.4. The van der Waals surface area contributed by atoms with E-state index in [2.05, 4.69) is 61.6 Å². The lowest BCUT2D eigenvalue weighted by Crippen LogP contribution is -2.02. The van der Waals surface area contributed by atoms with Crippen LogP contribution in [0.15, 0.2) is 72.8 Å². The van der Waals surface area contributed by atoms with Gasteiger partial charge in [0.2, 0.25) is 0 Å². The molecule has 0 radical (unpaired) electrons. The van der Waals surface area contributed by atoms with Crippen LogP contribution in [0.1, 0.15) is 22.3 Å². The van der Waals surface area contributed by atoms with E-state index in [1.807, 2.05) is 30.3 Å². The van der Waals surface area contributed by atoms with Crippen LogP contribution in [0, 0.1) is 13.8 Å². The van der Waals surface area contributed by atoms with Crippen molar-refractivity contribution in [3.05, 3.63) is 95.1 Å². The van der Waals surface area contributed by atoms with Crippen LogP contribution in [-0.4, -0.2) is 0 Å². The third kappa shape index (κ3) is 4.39. The molecule has 0 saturated carbocycles. The van der Waals surface area contributed by atoms with Crippen LogP contribution in [0.3, 0.4) is 0 Å². The van der Waals surface area contributed by atoms with E-state index in [9.17, 15) is 0 Å². The number of anilines is 1. The van der Waals surface area contributed by atoms with Crippen molar-refractivity contribution in [1.29, 1.82) is 0 Å². The van der Waals surface area contributed by atoms with E-state index in [-0.39, 0.29) is 0 Å². The lowest BCUT2D eigenvalue weighted by atomic mass is 10.1. The third-order valence-electron chi connectivity index (χ3n) is 4.01. The fourth-order valence-electron chi connectivity index (χ4n) is 2.70. The summed E-state index contributed by atoms with van der Waals surface area (Å²) in [4.78, 5) is 0. The van der Waals surface area contributed by atoms with Gasteiger partial charge < -0.3 is 10.1 Å². The van der Waals surface area contributed by atoms with Crippen molar-refractivity contribution in [2.45, 2.75) is 27.0 Å². The standard InChI is InChI=1S/C22H23NO/c1-17-11-12-22(18(2)13-17)23-15-20-9-6-10-21(14-20)24-16-19-7-4-3-5-8-19/h3-14,23H,15-16H2,1-2H3. The minimum absolute atomic E-state index is 0.592. The van der Waals surface area contributed by atoms with Crippen LogP contribution in [0.4, 0.5) is 5.69 Å². The molecule has 0 spiro atoms. The highest BCUT2D eigenvalue weighted by Crippen LogP contribution is 2.19. The molecule has 2 heteroatoms. The van der Waals surface area contributed by atoms with Crippen LogP contribution in [-0.2, 0) is 13.2 Å². The molecule has 3 aromatic carbocycles. The van der Waals surface area contributed by atoms with Gasteiger partial charge in [0.1, 0.15) is 12.4 Å². The van der Waals surface area contributed by atoms with Crippen LogP contribution >= 0.6 is 0 Å². The molecule has 0 aliphatic heterocycles. The summed E-state index contributed by atoms with van der Waals surface area (Å²) in [5.74, 6) is 0.902. The zero-order valence-electron chi connectivity index (χ0n) is 14.3. The number of rotatable bonds is 6. The molecular weight excluding hydrogens is 294 g/mol. The summed E-state index contributed by atoms with van der Waals surface area (Å²) < 4.78 is 5.90. The molecule has 0 aliphatic carbocycles. The second kappa shape index (κ2) is 7.69. The summed E-state index contributed by atoms with van der Waals surface area (Å²) in [6, 6.07) is 25.0. The van der Waals surface area contributed by atoms with Gasteiger partial charge in [-0.1, -0.05) is 60.2 Å². The number of ether oxygens (including phenoxy) is 1. The van der Waals surface area contributed by atoms with Crippen molar-refractivity contribution < 1.29 is 4.74 Å². The molecule has 24 heavy (non-hydrogen) atoms. The molecule has 0 aromatic heterocycles. The molecule has 2 nitrogen and oxygen atoms in total. The van der Waals surface area contributed by atoms with Gasteiger partial charge in [0.15, 0.2) is 0 Å². The minimum atomic E-state index is 0.592. The fraction of sp³-hybridized carbons (Fsp3) is 0.182. The van der Waals surface area contributed by atoms with Crippen LogP contribution in [0.5, 0.6) is 5.75 Å². The molecule has 3 aromatic rings. The van der Waals surface area contributed by atoms with Crippen molar-refractivity contribution in [3.8, 4) is 5.75 Å². The molecule has 0 fully saturated rings. The van der Waals surface area contributed by atoms with E-state index in [4.69, 9.17) is 4.74 Å². The fourth-order valence-corrected chi connectivity index (χ4v) is 2.70. The molecular formula is C22H23NO. The first-order valence-electron chi connectivity index (χ1n) is 8.27. The van der Waals surface area contributed by atoms with Gasteiger partial charge in [0, 0.05) is 12.2 Å². The first kappa shape index (κ1) is 16.1. The molecule has 3 rings (SSSR count). The van der Waals surface area contributed by atoms with Crippen molar-refractivity contribution in [2.75, 3.05) is 5.32 Å². The highest BCUT2D eigenvalue weighted by molar-refractivity contribution is 5.52. The largest absolute Gasteiger partial charge is 0.489 e. The summed E-state index contributed by atoms with van der Waals surface area (Å²) in [6.07, 6.45) is 0. The van der Waals surface area contributed by atoms with Crippen molar-refractivity contribution in [1.82, 2.24) is 0 Å². The predicted octanol–water partition coefficient (Wildman–Crippen LogP) is 5.49. The van der Waals surface area contributed by atoms with Gasteiger partial charge >= 0.3 is 0 Å². The zero-order valence-corrected chi connectivity index (χ0v) is 14.3. The van der Waals surface area contributed by atoms with E-state index in [1.165, 1.54) is 27.9 Å². The first-order chi connectivity index (χ1) is 11.7. The van der Waals surface area contributed by atoms with Gasteiger partial charge in [-0.15, -0.1) is 0 Å². The SMILES string of the molecule is Cc1ccc(NCc2cccc(OCc3ccccc3)c2)c(C)c1. The van der Waals surface area contributed by atoms with Gasteiger partial charge in [-0.05, 0) is 48.7 Å². The Morgan fingerprint density at radius 1 is 0.792 bits per heavy atom. The zero-order chi connectivity index (χ0) is 16.8. The molecule has 122 valence electrons.